The van der Waals surface area contributed by atoms with Crippen LogP contribution in [0.2, 0.25) is 0 Å². The first-order valence-corrected chi connectivity index (χ1v) is 10.1. The van der Waals surface area contributed by atoms with Crippen molar-refractivity contribution >= 4 is 22.4 Å². The summed E-state index contributed by atoms with van der Waals surface area (Å²) in [6.07, 6.45) is 1.32. The number of rotatable bonds is 6. The molecule has 144 valence electrons. The second-order valence-corrected chi connectivity index (χ2v) is 7.60. The van der Waals surface area contributed by atoms with Gasteiger partial charge in [0.2, 0.25) is 5.13 Å². The molecule has 28 heavy (non-hydrogen) atoms. The third-order valence-electron chi connectivity index (χ3n) is 4.52. The van der Waals surface area contributed by atoms with Crippen molar-refractivity contribution < 1.29 is 14.3 Å². The molecule has 0 spiro atoms. The quantitative estimate of drug-likeness (QED) is 0.667. The summed E-state index contributed by atoms with van der Waals surface area (Å²) in [7, 11) is 0. The Balaban J connectivity index is 1.34. The van der Waals surface area contributed by atoms with Gasteiger partial charge in [0, 0.05) is 6.61 Å². The molecule has 1 fully saturated rings. The number of aromatic nitrogens is 2. The van der Waals surface area contributed by atoms with E-state index in [2.05, 4.69) is 27.6 Å². The molecule has 0 unspecified atom stereocenters. The highest BCUT2D eigenvalue weighted by Crippen LogP contribution is 2.32. The SMILES string of the molecule is C[C@H](Oc1ccc(-c2ccccc2)cc1)C(=O)Nc1nnc([C@H]2CCCO2)s1. The van der Waals surface area contributed by atoms with Crippen molar-refractivity contribution in [3.05, 3.63) is 59.6 Å². The smallest absolute Gasteiger partial charge is 0.266 e. The van der Waals surface area contributed by atoms with E-state index in [1.165, 1.54) is 11.3 Å². The minimum Gasteiger partial charge on any atom is -0.481 e. The van der Waals surface area contributed by atoms with Crippen molar-refractivity contribution in [2.75, 3.05) is 11.9 Å². The van der Waals surface area contributed by atoms with Crippen LogP contribution in [-0.4, -0.2) is 28.8 Å². The summed E-state index contributed by atoms with van der Waals surface area (Å²) in [5.74, 6) is 0.377. The average Bonchev–Trinajstić information content (AvgIpc) is 3.41. The molecule has 2 heterocycles. The zero-order chi connectivity index (χ0) is 19.3. The minimum absolute atomic E-state index is 0.0000420. The van der Waals surface area contributed by atoms with Gasteiger partial charge in [0.1, 0.15) is 16.9 Å². The van der Waals surface area contributed by atoms with E-state index in [4.69, 9.17) is 9.47 Å². The van der Waals surface area contributed by atoms with Crippen molar-refractivity contribution in [3.8, 4) is 16.9 Å². The van der Waals surface area contributed by atoms with Crippen molar-refractivity contribution in [3.63, 3.8) is 0 Å². The lowest BCUT2D eigenvalue weighted by Gasteiger charge is -2.14. The molecule has 0 bridgehead atoms. The maximum atomic E-state index is 12.4. The number of ether oxygens (including phenoxy) is 2. The average molecular weight is 395 g/mol. The summed E-state index contributed by atoms with van der Waals surface area (Å²) >= 11 is 1.35. The van der Waals surface area contributed by atoms with Crippen LogP contribution in [0.25, 0.3) is 11.1 Å². The van der Waals surface area contributed by atoms with Gasteiger partial charge in [-0.1, -0.05) is 53.8 Å². The van der Waals surface area contributed by atoms with E-state index in [0.717, 1.165) is 35.6 Å². The molecule has 2 aromatic carbocycles. The monoisotopic (exact) mass is 395 g/mol. The first-order chi connectivity index (χ1) is 13.7. The molecule has 0 saturated carbocycles. The molecular formula is C21H21N3O3S. The topological polar surface area (TPSA) is 73.3 Å². The van der Waals surface area contributed by atoms with E-state index in [0.29, 0.717) is 10.9 Å². The molecular weight excluding hydrogens is 374 g/mol. The minimum atomic E-state index is -0.655. The number of carbonyl (C=O) groups excluding carboxylic acids is 1. The summed E-state index contributed by atoms with van der Waals surface area (Å²) in [6.45, 7) is 2.46. The Labute approximate surface area is 167 Å². The highest BCUT2D eigenvalue weighted by molar-refractivity contribution is 7.15. The van der Waals surface area contributed by atoms with Crippen LogP contribution < -0.4 is 10.1 Å². The highest BCUT2D eigenvalue weighted by atomic mass is 32.1. The van der Waals surface area contributed by atoms with E-state index in [-0.39, 0.29) is 12.0 Å². The Morgan fingerprint density at radius 2 is 1.89 bits per heavy atom. The molecule has 1 N–H and O–H groups in total. The van der Waals surface area contributed by atoms with Crippen molar-refractivity contribution in [2.45, 2.75) is 32.0 Å². The van der Waals surface area contributed by atoms with E-state index < -0.39 is 6.10 Å². The number of amides is 1. The molecule has 4 rings (SSSR count). The summed E-state index contributed by atoms with van der Waals surface area (Å²) < 4.78 is 11.4. The second kappa shape index (κ2) is 8.50. The van der Waals surface area contributed by atoms with Gasteiger partial charge in [-0.3, -0.25) is 10.1 Å². The Kier molecular flexibility index (Phi) is 5.64. The molecule has 1 aliphatic rings. The van der Waals surface area contributed by atoms with Crippen LogP contribution in [0.5, 0.6) is 5.75 Å². The van der Waals surface area contributed by atoms with Gasteiger partial charge in [-0.25, -0.2) is 0 Å². The molecule has 6 nitrogen and oxygen atoms in total. The Morgan fingerprint density at radius 3 is 2.61 bits per heavy atom. The fourth-order valence-electron chi connectivity index (χ4n) is 3.01. The second-order valence-electron chi connectivity index (χ2n) is 6.59. The van der Waals surface area contributed by atoms with Crippen LogP contribution in [0.1, 0.15) is 30.9 Å². The zero-order valence-electron chi connectivity index (χ0n) is 15.5. The summed E-state index contributed by atoms with van der Waals surface area (Å²) in [6, 6.07) is 17.8. The van der Waals surface area contributed by atoms with Crippen LogP contribution in [0.3, 0.4) is 0 Å². The fraction of sp³-hybridized carbons (Fsp3) is 0.286. The predicted molar refractivity (Wildman–Crippen MR) is 108 cm³/mol. The van der Waals surface area contributed by atoms with Crippen molar-refractivity contribution in [1.29, 1.82) is 0 Å². The van der Waals surface area contributed by atoms with Gasteiger partial charge in [-0.2, -0.15) is 0 Å². The van der Waals surface area contributed by atoms with Crippen LogP contribution in [0.15, 0.2) is 54.6 Å². The predicted octanol–water partition coefficient (Wildman–Crippen LogP) is 4.46. The zero-order valence-corrected chi connectivity index (χ0v) is 16.3. The number of nitrogens with zero attached hydrogens (tertiary/aromatic N) is 2. The first-order valence-electron chi connectivity index (χ1n) is 9.27. The first kappa shape index (κ1) is 18.6. The molecule has 1 saturated heterocycles. The van der Waals surface area contributed by atoms with E-state index in [1.807, 2.05) is 42.5 Å². The van der Waals surface area contributed by atoms with Gasteiger partial charge in [0.25, 0.3) is 5.91 Å². The normalized spacial score (nSPS) is 17.2. The lowest BCUT2D eigenvalue weighted by molar-refractivity contribution is -0.122. The Morgan fingerprint density at radius 1 is 1.14 bits per heavy atom. The van der Waals surface area contributed by atoms with Crippen LogP contribution in [-0.2, 0) is 9.53 Å². The van der Waals surface area contributed by atoms with E-state index in [1.54, 1.807) is 6.92 Å². The molecule has 0 radical (unpaired) electrons. The lowest BCUT2D eigenvalue weighted by Crippen LogP contribution is -2.30. The van der Waals surface area contributed by atoms with Gasteiger partial charge >= 0.3 is 0 Å². The number of benzene rings is 2. The molecule has 7 heteroatoms. The van der Waals surface area contributed by atoms with Gasteiger partial charge in [-0.05, 0) is 43.0 Å². The van der Waals surface area contributed by atoms with Gasteiger partial charge in [0.05, 0.1) is 0 Å². The van der Waals surface area contributed by atoms with Gasteiger partial charge in [-0.15, -0.1) is 10.2 Å². The Hall–Kier alpha value is -2.77. The molecule has 2 atom stereocenters. The molecule has 3 aromatic rings. The fourth-order valence-corrected chi connectivity index (χ4v) is 3.84. The summed E-state index contributed by atoms with van der Waals surface area (Å²) in [5.41, 5.74) is 2.23. The number of nitrogens with one attached hydrogen (secondary N) is 1. The van der Waals surface area contributed by atoms with Crippen LogP contribution >= 0.6 is 11.3 Å². The van der Waals surface area contributed by atoms with Crippen LogP contribution in [0.4, 0.5) is 5.13 Å². The molecule has 0 aliphatic carbocycles. The Bertz CT molecular complexity index is 922. The van der Waals surface area contributed by atoms with Crippen molar-refractivity contribution in [1.82, 2.24) is 10.2 Å². The molecule has 1 amide bonds. The lowest BCUT2D eigenvalue weighted by atomic mass is 10.1. The number of hydrogen-bond donors (Lipinski definition) is 1. The third-order valence-corrected chi connectivity index (χ3v) is 5.45. The molecule has 1 aromatic heterocycles. The van der Waals surface area contributed by atoms with Gasteiger partial charge in [0.15, 0.2) is 6.10 Å². The van der Waals surface area contributed by atoms with Crippen molar-refractivity contribution in [2.24, 2.45) is 0 Å². The molecule has 1 aliphatic heterocycles. The highest BCUT2D eigenvalue weighted by Gasteiger charge is 2.23. The number of carbonyl (C=O) groups is 1. The number of anilines is 1. The largest absolute Gasteiger partial charge is 0.481 e. The van der Waals surface area contributed by atoms with E-state index >= 15 is 0 Å². The standard InChI is InChI=1S/C21H21N3O3S/c1-14(19(25)22-21-24-23-20(28-21)18-8-5-13-26-18)27-17-11-9-16(10-12-17)15-6-3-2-4-7-15/h2-4,6-7,9-12,14,18H,5,8,13H2,1H3,(H,22,24,25)/t14-,18+/m0/s1. The van der Waals surface area contributed by atoms with Crippen LogP contribution in [0, 0.1) is 0 Å². The maximum absolute atomic E-state index is 12.4. The summed E-state index contributed by atoms with van der Waals surface area (Å²) in [5, 5.41) is 12.2. The summed E-state index contributed by atoms with van der Waals surface area (Å²) in [4.78, 5) is 12.4. The number of hydrogen-bond acceptors (Lipinski definition) is 6. The third kappa shape index (κ3) is 4.37. The maximum Gasteiger partial charge on any atom is 0.266 e. The van der Waals surface area contributed by atoms with Gasteiger partial charge < -0.3 is 9.47 Å². The van der Waals surface area contributed by atoms with E-state index in [9.17, 15) is 4.79 Å².